The molecule has 2 amide bonds. The Balaban J connectivity index is 2.91. The van der Waals surface area contributed by atoms with E-state index in [-0.39, 0.29) is 12.0 Å². The minimum atomic E-state index is -0.861. The van der Waals surface area contributed by atoms with Crippen molar-refractivity contribution in [2.45, 2.75) is 25.8 Å². The summed E-state index contributed by atoms with van der Waals surface area (Å²) >= 11 is 0. The molecule has 0 aliphatic rings. The van der Waals surface area contributed by atoms with E-state index < -0.39 is 33.7 Å². The molecule has 0 aliphatic heterocycles. The van der Waals surface area contributed by atoms with Crippen molar-refractivity contribution in [3.8, 4) is 5.75 Å². The Hall–Kier alpha value is -2.64. The van der Waals surface area contributed by atoms with Crippen LogP contribution in [0.15, 0.2) is 18.2 Å². The van der Waals surface area contributed by atoms with E-state index in [1.54, 1.807) is 13.8 Å². The van der Waals surface area contributed by atoms with Gasteiger partial charge >= 0.3 is 5.69 Å². The van der Waals surface area contributed by atoms with E-state index in [4.69, 9.17) is 5.73 Å². The smallest absolute Gasteiger partial charge is 0.310 e. The zero-order valence-electron chi connectivity index (χ0n) is 11.0. The van der Waals surface area contributed by atoms with Crippen molar-refractivity contribution in [2.24, 2.45) is 5.73 Å². The molecule has 0 aromatic heterocycles. The van der Waals surface area contributed by atoms with Crippen molar-refractivity contribution in [1.82, 2.24) is 5.32 Å². The van der Waals surface area contributed by atoms with E-state index in [1.165, 1.54) is 6.07 Å². The highest BCUT2D eigenvalue weighted by molar-refractivity contribution is 5.95. The lowest BCUT2D eigenvalue weighted by atomic mass is 9.99. The van der Waals surface area contributed by atoms with E-state index in [2.05, 4.69) is 5.32 Å². The molecule has 4 N–H and O–H groups in total. The number of hydrogen-bond donors (Lipinski definition) is 3. The molecular formula is C12H15N3O5. The highest BCUT2D eigenvalue weighted by atomic mass is 16.6. The molecule has 0 unspecified atom stereocenters. The molecular weight excluding hydrogens is 266 g/mol. The Morgan fingerprint density at radius 2 is 2.05 bits per heavy atom. The second-order valence-corrected chi connectivity index (χ2v) is 4.94. The van der Waals surface area contributed by atoms with Crippen LogP contribution in [0.1, 0.15) is 30.6 Å². The molecule has 8 heteroatoms. The van der Waals surface area contributed by atoms with Gasteiger partial charge in [0.1, 0.15) is 0 Å². The van der Waals surface area contributed by atoms with Gasteiger partial charge in [0.2, 0.25) is 5.91 Å². The first-order valence-corrected chi connectivity index (χ1v) is 5.70. The number of nitro benzene ring substituents is 1. The Labute approximate surface area is 114 Å². The summed E-state index contributed by atoms with van der Waals surface area (Å²) in [7, 11) is 0. The summed E-state index contributed by atoms with van der Waals surface area (Å²) < 4.78 is 0. The second-order valence-electron chi connectivity index (χ2n) is 4.94. The molecule has 0 heterocycles. The third-order valence-electron chi connectivity index (χ3n) is 2.50. The number of primary amides is 1. The maximum Gasteiger partial charge on any atom is 0.310 e. The molecule has 0 aliphatic carbocycles. The predicted octanol–water partition coefficient (Wildman–Crippen LogP) is 0.684. The zero-order valence-corrected chi connectivity index (χ0v) is 11.0. The number of rotatable bonds is 5. The first kappa shape index (κ1) is 15.4. The number of nitrogens with two attached hydrogens (primary N) is 1. The van der Waals surface area contributed by atoms with Crippen LogP contribution in [0.3, 0.4) is 0 Å². The van der Waals surface area contributed by atoms with Crippen LogP contribution in [0.25, 0.3) is 0 Å². The summed E-state index contributed by atoms with van der Waals surface area (Å²) in [5, 5.41) is 22.6. The summed E-state index contributed by atoms with van der Waals surface area (Å²) in [6.07, 6.45) is -0.0578. The molecule has 1 aromatic carbocycles. The lowest BCUT2D eigenvalue weighted by molar-refractivity contribution is -0.385. The molecule has 0 spiro atoms. The molecule has 0 saturated heterocycles. The van der Waals surface area contributed by atoms with Crippen LogP contribution in [-0.2, 0) is 4.79 Å². The second kappa shape index (κ2) is 5.55. The van der Waals surface area contributed by atoms with Crippen LogP contribution in [-0.4, -0.2) is 27.4 Å². The van der Waals surface area contributed by atoms with Gasteiger partial charge < -0.3 is 16.2 Å². The van der Waals surface area contributed by atoms with Crippen LogP contribution in [0.2, 0.25) is 0 Å². The van der Waals surface area contributed by atoms with E-state index in [0.29, 0.717) is 0 Å². The van der Waals surface area contributed by atoms with Gasteiger partial charge in [0.25, 0.3) is 5.91 Å². The molecule has 108 valence electrons. The summed E-state index contributed by atoms with van der Waals surface area (Å²) in [5.41, 5.74) is 3.76. The molecule has 0 atom stereocenters. The van der Waals surface area contributed by atoms with Crippen LogP contribution >= 0.6 is 0 Å². The first-order chi connectivity index (χ1) is 9.12. The number of amides is 2. The lowest BCUT2D eigenvalue weighted by Crippen LogP contribution is -2.46. The van der Waals surface area contributed by atoms with Crippen molar-refractivity contribution >= 4 is 17.5 Å². The van der Waals surface area contributed by atoms with Gasteiger partial charge in [-0.25, -0.2) is 0 Å². The van der Waals surface area contributed by atoms with Gasteiger partial charge in [-0.2, -0.15) is 0 Å². The number of carbonyl (C=O) groups is 2. The minimum Gasteiger partial charge on any atom is -0.502 e. The fraction of sp³-hybridized carbons (Fsp3) is 0.333. The first-order valence-electron chi connectivity index (χ1n) is 5.70. The molecule has 0 radical (unpaired) electrons. The third-order valence-corrected chi connectivity index (χ3v) is 2.50. The molecule has 8 nitrogen and oxygen atoms in total. The number of nitro groups is 1. The van der Waals surface area contributed by atoms with Crippen LogP contribution in [0.5, 0.6) is 5.75 Å². The summed E-state index contributed by atoms with van der Waals surface area (Å²) in [5.74, 6) is -1.74. The van der Waals surface area contributed by atoms with Crippen molar-refractivity contribution in [3.05, 3.63) is 33.9 Å². The minimum absolute atomic E-state index is 0.0469. The van der Waals surface area contributed by atoms with Crippen molar-refractivity contribution in [1.29, 1.82) is 0 Å². The highest BCUT2D eigenvalue weighted by Gasteiger charge is 2.24. The number of carbonyl (C=O) groups excluding carboxylic acids is 2. The third kappa shape index (κ3) is 3.94. The monoisotopic (exact) mass is 281 g/mol. The van der Waals surface area contributed by atoms with Crippen LogP contribution in [0, 0.1) is 10.1 Å². The number of nitrogens with zero attached hydrogens (tertiary/aromatic N) is 1. The summed E-state index contributed by atoms with van der Waals surface area (Å²) in [4.78, 5) is 32.6. The maximum absolute atomic E-state index is 11.9. The average molecular weight is 281 g/mol. The topological polar surface area (TPSA) is 136 Å². The largest absolute Gasteiger partial charge is 0.502 e. The van der Waals surface area contributed by atoms with Crippen molar-refractivity contribution < 1.29 is 19.6 Å². The van der Waals surface area contributed by atoms with Gasteiger partial charge in [-0.05, 0) is 26.0 Å². The normalized spacial score (nSPS) is 10.9. The Bertz CT molecular complexity index is 568. The van der Waals surface area contributed by atoms with Gasteiger partial charge in [0.05, 0.1) is 4.92 Å². The number of aromatic hydroxyl groups is 1. The van der Waals surface area contributed by atoms with Crippen molar-refractivity contribution in [2.75, 3.05) is 0 Å². The van der Waals surface area contributed by atoms with Crippen LogP contribution in [0.4, 0.5) is 5.69 Å². The van der Waals surface area contributed by atoms with Gasteiger partial charge in [0, 0.05) is 23.6 Å². The van der Waals surface area contributed by atoms with E-state index in [1.807, 2.05) is 0 Å². The lowest BCUT2D eigenvalue weighted by Gasteiger charge is -2.24. The van der Waals surface area contributed by atoms with Gasteiger partial charge in [-0.15, -0.1) is 0 Å². The molecule has 1 rings (SSSR count). The number of nitrogens with one attached hydrogen (secondary N) is 1. The average Bonchev–Trinajstić information content (AvgIpc) is 2.25. The van der Waals surface area contributed by atoms with Gasteiger partial charge in [-0.3, -0.25) is 19.7 Å². The summed E-state index contributed by atoms with van der Waals surface area (Å²) in [6.45, 7) is 3.22. The number of phenolic OH excluding ortho intramolecular Hbond substituents is 1. The van der Waals surface area contributed by atoms with Gasteiger partial charge in [-0.1, -0.05) is 0 Å². The number of benzene rings is 1. The standard InChI is InChI=1S/C12H15N3O5/c1-12(2,6-10(13)17)14-11(18)7-3-4-8(15(19)20)9(16)5-7/h3-5,16H,6H2,1-2H3,(H2,13,17)(H,14,18). The van der Waals surface area contributed by atoms with Gasteiger partial charge in [0.15, 0.2) is 5.75 Å². The molecule has 1 aromatic rings. The molecule has 0 fully saturated rings. The quantitative estimate of drug-likeness (QED) is 0.538. The fourth-order valence-electron chi connectivity index (χ4n) is 1.68. The number of phenols is 1. The SMILES string of the molecule is CC(C)(CC(N)=O)NC(=O)c1ccc([N+](=O)[O-])c(O)c1. The zero-order chi connectivity index (χ0) is 15.5. The van der Waals surface area contributed by atoms with E-state index in [9.17, 15) is 24.8 Å². The molecule has 20 heavy (non-hydrogen) atoms. The highest BCUT2D eigenvalue weighted by Crippen LogP contribution is 2.26. The molecule has 0 saturated carbocycles. The Morgan fingerprint density at radius 3 is 2.50 bits per heavy atom. The predicted molar refractivity (Wildman–Crippen MR) is 70.1 cm³/mol. The van der Waals surface area contributed by atoms with Crippen LogP contribution < -0.4 is 11.1 Å². The Kier molecular flexibility index (Phi) is 4.28. The number of hydrogen-bond acceptors (Lipinski definition) is 5. The Morgan fingerprint density at radius 1 is 1.45 bits per heavy atom. The summed E-state index contributed by atoms with van der Waals surface area (Å²) in [6, 6.07) is 3.24. The fourth-order valence-corrected chi connectivity index (χ4v) is 1.68. The molecule has 0 bridgehead atoms. The maximum atomic E-state index is 11.9. The van der Waals surface area contributed by atoms with Crippen molar-refractivity contribution in [3.63, 3.8) is 0 Å². The van der Waals surface area contributed by atoms with E-state index in [0.717, 1.165) is 12.1 Å². The van der Waals surface area contributed by atoms with E-state index >= 15 is 0 Å².